The second-order valence-corrected chi connectivity index (χ2v) is 9.82. The van der Waals surface area contributed by atoms with Crippen LogP contribution in [0, 0.1) is 0 Å². The van der Waals surface area contributed by atoms with Crippen molar-refractivity contribution in [3.8, 4) is 0 Å². The number of aromatic nitrogens is 1. The van der Waals surface area contributed by atoms with Gasteiger partial charge in [-0.1, -0.05) is 49.1 Å². The Balaban J connectivity index is 1.68. The summed E-state index contributed by atoms with van der Waals surface area (Å²) in [5, 5.41) is 1.05. The lowest BCUT2D eigenvalue weighted by Gasteiger charge is -2.27. The van der Waals surface area contributed by atoms with Gasteiger partial charge in [-0.3, -0.25) is 14.5 Å². The summed E-state index contributed by atoms with van der Waals surface area (Å²) in [6.07, 6.45) is 8.15. The minimum absolute atomic E-state index is 0.0889. The number of thioether (sulfide) groups is 1. The molecule has 2 aliphatic heterocycles. The summed E-state index contributed by atoms with van der Waals surface area (Å²) in [7, 11) is 1.61. The number of likely N-dealkylation sites (tertiary alicyclic amines) is 1. The predicted octanol–water partition coefficient (Wildman–Crippen LogP) is 4.06. The van der Waals surface area contributed by atoms with Crippen molar-refractivity contribution in [1.29, 1.82) is 0 Å². The number of nitrogens with zero attached hydrogens (tertiary/aromatic N) is 3. The van der Waals surface area contributed by atoms with Crippen molar-refractivity contribution in [2.45, 2.75) is 39.2 Å². The Kier molecular flexibility index (Phi) is 7.33. The van der Waals surface area contributed by atoms with Gasteiger partial charge in [-0.05, 0) is 37.3 Å². The van der Waals surface area contributed by atoms with Crippen LogP contribution >= 0.6 is 24.0 Å². The zero-order valence-corrected chi connectivity index (χ0v) is 20.3. The number of methoxy groups -OCH3 is 1. The lowest BCUT2D eigenvalue weighted by atomic mass is 10.1. The molecule has 0 bridgehead atoms. The third-order valence-corrected chi connectivity index (χ3v) is 7.46. The SMILES string of the molecule is CCc1cccc2c(/C=C3\SC(=S)N(CCOC)C3=O)cn(CC(=O)N3CCCCC3)c12. The zero-order valence-electron chi connectivity index (χ0n) is 18.6. The second kappa shape index (κ2) is 10.2. The van der Waals surface area contributed by atoms with Gasteiger partial charge in [-0.2, -0.15) is 0 Å². The van der Waals surface area contributed by atoms with Crippen LogP contribution in [0.3, 0.4) is 0 Å². The van der Waals surface area contributed by atoms with Gasteiger partial charge in [-0.15, -0.1) is 0 Å². The maximum atomic E-state index is 13.0. The zero-order chi connectivity index (χ0) is 22.7. The lowest BCUT2D eigenvalue weighted by Crippen LogP contribution is -2.37. The highest BCUT2D eigenvalue weighted by molar-refractivity contribution is 8.26. The summed E-state index contributed by atoms with van der Waals surface area (Å²) < 4.78 is 7.72. The van der Waals surface area contributed by atoms with Crippen LogP contribution in [-0.4, -0.2) is 63.9 Å². The van der Waals surface area contributed by atoms with Crippen LogP contribution in [0.25, 0.3) is 17.0 Å². The lowest BCUT2D eigenvalue weighted by molar-refractivity contribution is -0.132. The van der Waals surface area contributed by atoms with Crippen molar-refractivity contribution >= 4 is 57.1 Å². The van der Waals surface area contributed by atoms with E-state index in [4.69, 9.17) is 17.0 Å². The minimum atomic E-state index is -0.0889. The smallest absolute Gasteiger partial charge is 0.266 e. The number of ether oxygens (including phenoxy) is 1. The molecular weight excluding hydrogens is 442 g/mol. The summed E-state index contributed by atoms with van der Waals surface area (Å²) in [5.74, 6) is 0.0685. The van der Waals surface area contributed by atoms with Crippen molar-refractivity contribution < 1.29 is 14.3 Å². The molecule has 2 amide bonds. The molecule has 0 radical (unpaired) electrons. The number of amides is 2. The molecule has 2 fully saturated rings. The van der Waals surface area contributed by atoms with E-state index in [1.54, 1.807) is 12.0 Å². The largest absolute Gasteiger partial charge is 0.383 e. The maximum absolute atomic E-state index is 13.0. The van der Waals surface area contributed by atoms with Gasteiger partial charge < -0.3 is 14.2 Å². The Morgan fingerprint density at radius 3 is 2.75 bits per heavy atom. The van der Waals surface area contributed by atoms with Gasteiger partial charge in [0.15, 0.2) is 0 Å². The Morgan fingerprint density at radius 1 is 1.25 bits per heavy atom. The van der Waals surface area contributed by atoms with E-state index < -0.39 is 0 Å². The van der Waals surface area contributed by atoms with E-state index in [1.807, 2.05) is 23.2 Å². The molecule has 0 saturated carbocycles. The van der Waals surface area contributed by atoms with Crippen LogP contribution in [0.1, 0.15) is 37.3 Å². The number of carbonyl (C=O) groups excluding carboxylic acids is 2. The van der Waals surface area contributed by atoms with Crippen molar-refractivity contribution in [3.63, 3.8) is 0 Å². The highest BCUT2D eigenvalue weighted by atomic mass is 32.2. The quantitative estimate of drug-likeness (QED) is 0.450. The average molecular weight is 472 g/mol. The van der Waals surface area contributed by atoms with Crippen LogP contribution < -0.4 is 0 Å². The van der Waals surface area contributed by atoms with E-state index in [1.165, 1.54) is 23.7 Å². The summed E-state index contributed by atoms with van der Waals surface area (Å²) in [6, 6.07) is 6.21. The fraction of sp³-hybridized carbons (Fsp3) is 0.458. The second-order valence-electron chi connectivity index (χ2n) is 8.15. The summed E-state index contributed by atoms with van der Waals surface area (Å²) in [4.78, 5) is 30.1. The average Bonchev–Trinajstić information content (AvgIpc) is 3.29. The van der Waals surface area contributed by atoms with Crippen molar-refractivity contribution in [2.24, 2.45) is 0 Å². The molecule has 0 aliphatic carbocycles. The summed E-state index contributed by atoms with van der Waals surface area (Å²) in [5.41, 5.74) is 3.21. The van der Waals surface area contributed by atoms with E-state index in [0.29, 0.717) is 28.9 Å². The molecule has 1 aromatic carbocycles. The molecule has 32 heavy (non-hydrogen) atoms. The van der Waals surface area contributed by atoms with Crippen LogP contribution in [-0.2, 0) is 27.3 Å². The van der Waals surface area contributed by atoms with Crippen molar-refractivity contribution in [3.05, 3.63) is 40.4 Å². The van der Waals surface area contributed by atoms with Gasteiger partial charge in [0.2, 0.25) is 5.91 Å². The molecule has 0 unspecified atom stereocenters. The number of fused-ring (bicyclic) bond motifs is 1. The first-order valence-electron chi connectivity index (χ1n) is 11.2. The van der Waals surface area contributed by atoms with Crippen molar-refractivity contribution in [1.82, 2.24) is 14.4 Å². The standard InChI is InChI=1S/C24H29N3O3S2/c1-3-17-8-7-9-19-18(14-20-23(29)27(12-13-30-2)24(31)32-20)15-26(22(17)19)16-21(28)25-10-5-4-6-11-25/h7-9,14-15H,3-6,10-13,16H2,1-2H3/b20-14-. The molecule has 2 aliphatic rings. The van der Waals surface area contributed by atoms with Gasteiger partial charge >= 0.3 is 0 Å². The van der Waals surface area contributed by atoms with Gasteiger partial charge in [-0.25, -0.2) is 0 Å². The molecule has 6 nitrogen and oxygen atoms in total. The topological polar surface area (TPSA) is 54.8 Å². The fourth-order valence-corrected chi connectivity index (χ4v) is 5.70. The molecule has 170 valence electrons. The Hall–Kier alpha value is -2.16. The van der Waals surface area contributed by atoms with E-state index in [-0.39, 0.29) is 11.8 Å². The predicted molar refractivity (Wildman–Crippen MR) is 134 cm³/mol. The molecule has 3 heterocycles. The van der Waals surface area contributed by atoms with Gasteiger partial charge in [0.1, 0.15) is 10.9 Å². The molecule has 0 N–H and O–H groups in total. The number of thiocarbonyl (C=S) groups is 1. The molecule has 8 heteroatoms. The molecule has 0 atom stereocenters. The number of para-hydroxylation sites is 1. The number of carbonyl (C=O) groups is 2. The highest BCUT2D eigenvalue weighted by Crippen LogP contribution is 2.35. The van der Waals surface area contributed by atoms with E-state index in [2.05, 4.69) is 23.6 Å². The number of hydrogen-bond acceptors (Lipinski definition) is 5. The number of aryl methyl sites for hydroxylation is 1. The Labute approximate surface area is 198 Å². The van der Waals surface area contributed by atoms with E-state index in [0.717, 1.165) is 48.8 Å². The van der Waals surface area contributed by atoms with E-state index in [9.17, 15) is 9.59 Å². The third-order valence-electron chi connectivity index (χ3n) is 6.09. The molecule has 1 aromatic heterocycles. The number of piperidine rings is 1. The van der Waals surface area contributed by atoms with Crippen LogP contribution in [0.15, 0.2) is 29.3 Å². The van der Waals surface area contributed by atoms with Gasteiger partial charge in [0.05, 0.1) is 23.6 Å². The number of hydrogen-bond donors (Lipinski definition) is 0. The van der Waals surface area contributed by atoms with Crippen LogP contribution in [0.4, 0.5) is 0 Å². The first kappa shape index (κ1) is 23.0. The molecule has 2 saturated heterocycles. The molecule has 2 aromatic rings. The summed E-state index contributed by atoms with van der Waals surface area (Å²) >= 11 is 6.73. The first-order chi connectivity index (χ1) is 15.5. The normalized spacial score (nSPS) is 18.4. The van der Waals surface area contributed by atoms with Crippen LogP contribution in [0.2, 0.25) is 0 Å². The fourth-order valence-electron chi connectivity index (χ4n) is 4.40. The minimum Gasteiger partial charge on any atom is -0.383 e. The number of rotatable bonds is 7. The molecule has 0 spiro atoms. The van der Waals surface area contributed by atoms with Gasteiger partial charge in [0, 0.05) is 37.3 Å². The first-order valence-corrected chi connectivity index (χ1v) is 12.4. The maximum Gasteiger partial charge on any atom is 0.266 e. The summed E-state index contributed by atoms with van der Waals surface area (Å²) in [6.45, 7) is 5.02. The van der Waals surface area contributed by atoms with Crippen molar-refractivity contribution in [2.75, 3.05) is 33.4 Å². The molecule has 4 rings (SSSR count). The Morgan fingerprint density at radius 2 is 2.03 bits per heavy atom. The monoisotopic (exact) mass is 471 g/mol. The van der Waals surface area contributed by atoms with E-state index >= 15 is 0 Å². The molecular formula is C24H29N3O3S2. The van der Waals surface area contributed by atoms with Crippen LogP contribution in [0.5, 0.6) is 0 Å². The van der Waals surface area contributed by atoms with Gasteiger partial charge in [0.25, 0.3) is 5.91 Å². The highest BCUT2D eigenvalue weighted by Gasteiger charge is 2.32. The number of benzene rings is 1. The third kappa shape index (κ3) is 4.63. The Bertz CT molecular complexity index is 1070.